The summed E-state index contributed by atoms with van der Waals surface area (Å²) >= 11 is 0. The van der Waals surface area contributed by atoms with Crippen LogP contribution in [0, 0.1) is 17.8 Å². The van der Waals surface area contributed by atoms with Crippen LogP contribution < -0.4 is 5.32 Å². The van der Waals surface area contributed by atoms with Gasteiger partial charge in [-0.25, -0.2) is 15.0 Å². The van der Waals surface area contributed by atoms with E-state index in [0.29, 0.717) is 0 Å². The van der Waals surface area contributed by atoms with Crippen molar-refractivity contribution in [2.75, 3.05) is 25.0 Å². The molecular formula is C17H24N6. The van der Waals surface area contributed by atoms with Gasteiger partial charge in [-0.2, -0.15) is 0 Å². The summed E-state index contributed by atoms with van der Waals surface area (Å²) in [5, 5.41) is 3.43. The maximum absolute atomic E-state index is 4.27. The second-order valence-electron chi connectivity index (χ2n) is 6.84. The molecule has 23 heavy (non-hydrogen) atoms. The van der Waals surface area contributed by atoms with Crippen LogP contribution in [0.2, 0.25) is 0 Å². The van der Waals surface area contributed by atoms with Crippen LogP contribution in [0.5, 0.6) is 0 Å². The third-order valence-corrected chi connectivity index (χ3v) is 5.36. The Morgan fingerprint density at radius 1 is 1.22 bits per heavy atom. The molecule has 0 bridgehead atoms. The molecule has 3 atom stereocenters. The zero-order valence-corrected chi connectivity index (χ0v) is 13.4. The van der Waals surface area contributed by atoms with Crippen LogP contribution in [0.3, 0.4) is 0 Å². The van der Waals surface area contributed by atoms with Crippen molar-refractivity contribution in [1.82, 2.24) is 24.8 Å². The van der Waals surface area contributed by atoms with Gasteiger partial charge in [-0.3, -0.25) is 4.90 Å². The lowest BCUT2D eigenvalue weighted by molar-refractivity contribution is 0.207. The van der Waals surface area contributed by atoms with Gasteiger partial charge in [0.1, 0.15) is 0 Å². The number of imidazole rings is 1. The number of hydrogen-bond acceptors (Lipinski definition) is 5. The first-order valence-electron chi connectivity index (χ1n) is 8.59. The molecule has 2 aromatic heterocycles. The molecule has 1 aliphatic carbocycles. The molecule has 2 aliphatic rings. The number of nitrogens with zero attached hydrogens (tertiary/aromatic N) is 4. The van der Waals surface area contributed by atoms with E-state index >= 15 is 0 Å². The molecule has 1 saturated carbocycles. The predicted octanol–water partition coefficient (Wildman–Crippen LogP) is 2.16. The van der Waals surface area contributed by atoms with Crippen LogP contribution >= 0.6 is 0 Å². The number of rotatable bonds is 5. The van der Waals surface area contributed by atoms with E-state index in [-0.39, 0.29) is 0 Å². The molecule has 0 amide bonds. The average Bonchev–Trinajstić information content (AvgIpc) is 3.23. The van der Waals surface area contributed by atoms with Crippen molar-refractivity contribution < 1.29 is 0 Å². The van der Waals surface area contributed by atoms with E-state index in [9.17, 15) is 0 Å². The number of nitrogens with one attached hydrogen (secondary N) is 2. The third kappa shape index (κ3) is 3.37. The Hall–Kier alpha value is -1.95. The highest BCUT2D eigenvalue weighted by molar-refractivity contribution is 5.22. The van der Waals surface area contributed by atoms with Crippen molar-refractivity contribution in [3.8, 4) is 0 Å². The summed E-state index contributed by atoms with van der Waals surface area (Å²) in [5.74, 6) is 3.12. The molecule has 2 fully saturated rings. The summed E-state index contributed by atoms with van der Waals surface area (Å²) < 4.78 is 0. The Kier molecular flexibility index (Phi) is 4.24. The highest BCUT2D eigenvalue weighted by Gasteiger charge is 2.39. The molecule has 0 radical (unpaired) electrons. The molecule has 6 nitrogen and oxygen atoms in total. The third-order valence-electron chi connectivity index (χ3n) is 5.36. The second-order valence-corrected chi connectivity index (χ2v) is 6.84. The number of aromatic amines is 1. The number of aromatic nitrogens is 4. The molecular weight excluding hydrogens is 288 g/mol. The Morgan fingerprint density at radius 3 is 2.96 bits per heavy atom. The maximum atomic E-state index is 4.27. The van der Waals surface area contributed by atoms with Gasteiger partial charge < -0.3 is 10.3 Å². The van der Waals surface area contributed by atoms with E-state index in [1.165, 1.54) is 38.0 Å². The molecule has 4 rings (SSSR count). The minimum Gasteiger partial charge on any atom is -0.354 e. The summed E-state index contributed by atoms with van der Waals surface area (Å²) in [7, 11) is 0. The summed E-state index contributed by atoms with van der Waals surface area (Å²) in [6, 6.07) is 1.85. The Bertz CT molecular complexity index is 599. The van der Waals surface area contributed by atoms with Crippen LogP contribution in [0.1, 0.15) is 25.0 Å². The van der Waals surface area contributed by atoms with Crippen molar-refractivity contribution in [3.63, 3.8) is 0 Å². The largest absolute Gasteiger partial charge is 0.354 e. The summed E-state index contributed by atoms with van der Waals surface area (Å²) in [6.45, 7) is 4.41. The van der Waals surface area contributed by atoms with E-state index < -0.39 is 0 Å². The SMILES string of the molecule is c1cnc(NC[C@H]2CCC[C@H]3CN(Cc4cnc[nH]4)C[C@@H]23)nc1. The Morgan fingerprint density at radius 2 is 2.13 bits per heavy atom. The first-order chi connectivity index (χ1) is 11.4. The van der Waals surface area contributed by atoms with Gasteiger partial charge in [0.25, 0.3) is 0 Å². The fourth-order valence-corrected chi connectivity index (χ4v) is 4.29. The van der Waals surface area contributed by atoms with Crippen molar-refractivity contribution in [1.29, 1.82) is 0 Å². The fourth-order valence-electron chi connectivity index (χ4n) is 4.29. The number of H-pyrrole nitrogens is 1. The van der Waals surface area contributed by atoms with Gasteiger partial charge >= 0.3 is 0 Å². The minimum atomic E-state index is 0.726. The van der Waals surface area contributed by atoms with Gasteiger partial charge in [0.05, 0.1) is 6.33 Å². The smallest absolute Gasteiger partial charge is 0.222 e. The van der Waals surface area contributed by atoms with E-state index in [1.54, 1.807) is 18.7 Å². The molecule has 122 valence electrons. The molecule has 3 heterocycles. The number of anilines is 1. The van der Waals surface area contributed by atoms with E-state index in [0.717, 1.165) is 36.8 Å². The number of likely N-dealkylation sites (tertiary alicyclic amines) is 1. The first-order valence-corrected chi connectivity index (χ1v) is 8.59. The van der Waals surface area contributed by atoms with E-state index in [2.05, 4.69) is 30.2 Å². The normalized spacial score (nSPS) is 27.7. The van der Waals surface area contributed by atoms with Crippen LogP contribution in [0.15, 0.2) is 31.0 Å². The summed E-state index contributed by atoms with van der Waals surface area (Å²) in [5.41, 5.74) is 1.22. The predicted molar refractivity (Wildman–Crippen MR) is 88.7 cm³/mol. The quantitative estimate of drug-likeness (QED) is 0.885. The minimum absolute atomic E-state index is 0.726. The standard InChI is InChI=1S/C17H24N6/c1-3-13(7-21-17-19-5-2-6-20-17)16-11-23(9-14(16)4-1)10-15-8-18-12-22-15/h2,5-6,8,12-14,16H,1,3-4,7,9-11H2,(H,18,22)(H,19,20,21)/t13-,14+,16+/m1/s1. The average molecular weight is 312 g/mol. The topological polar surface area (TPSA) is 69.7 Å². The molecule has 0 unspecified atom stereocenters. The zero-order valence-electron chi connectivity index (χ0n) is 13.4. The lowest BCUT2D eigenvalue weighted by atomic mass is 9.74. The zero-order chi connectivity index (χ0) is 15.5. The maximum Gasteiger partial charge on any atom is 0.222 e. The van der Waals surface area contributed by atoms with E-state index in [1.807, 2.05) is 12.3 Å². The van der Waals surface area contributed by atoms with Crippen LogP contribution in [-0.4, -0.2) is 44.5 Å². The lowest BCUT2D eigenvalue weighted by Crippen LogP contribution is -2.32. The number of fused-ring (bicyclic) bond motifs is 1. The van der Waals surface area contributed by atoms with Gasteiger partial charge in [-0.15, -0.1) is 0 Å². The highest BCUT2D eigenvalue weighted by atomic mass is 15.2. The molecule has 6 heteroatoms. The summed E-state index contributed by atoms with van der Waals surface area (Å²) in [4.78, 5) is 18.5. The molecule has 1 saturated heterocycles. The van der Waals surface area contributed by atoms with Crippen molar-refractivity contribution in [3.05, 3.63) is 36.7 Å². The highest BCUT2D eigenvalue weighted by Crippen LogP contribution is 2.40. The lowest BCUT2D eigenvalue weighted by Gasteiger charge is -2.33. The number of hydrogen-bond donors (Lipinski definition) is 2. The molecule has 1 aliphatic heterocycles. The summed E-state index contributed by atoms with van der Waals surface area (Å²) in [6.07, 6.45) is 11.3. The van der Waals surface area contributed by atoms with Gasteiger partial charge in [0.15, 0.2) is 0 Å². The van der Waals surface area contributed by atoms with Crippen LogP contribution in [0.25, 0.3) is 0 Å². The molecule has 2 N–H and O–H groups in total. The van der Waals surface area contributed by atoms with Crippen molar-refractivity contribution in [2.24, 2.45) is 17.8 Å². The van der Waals surface area contributed by atoms with Gasteiger partial charge in [0.2, 0.25) is 5.95 Å². The van der Waals surface area contributed by atoms with Crippen LogP contribution in [-0.2, 0) is 6.54 Å². The monoisotopic (exact) mass is 312 g/mol. The fraction of sp³-hybridized carbons (Fsp3) is 0.588. The van der Waals surface area contributed by atoms with E-state index in [4.69, 9.17) is 0 Å². The van der Waals surface area contributed by atoms with Crippen LogP contribution in [0.4, 0.5) is 5.95 Å². The van der Waals surface area contributed by atoms with Gasteiger partial charge in [-0.05, 0) is 36.7 Å². The van der Waals surface area contributed by atoms with Crippen molar-refractivity contribution >= 4 is 5.95 Å². The molecule has 0 spiro atoms. The Labute approximate surface area is 136 Å². The first kappa shape index (κ1) is 14.6. The van der Waals surface area contributed by atoms with Crippen molar-refractivity contribution in [2.45, 2.75) is 25.8 Å². The molecule has 2 aromatic rings. The van der Waals surface area contributed by atoms with Gasteiger partial charge in [0, 0.05) is 50.5 Å². The second kappa shape index (κ2) is 6.66. The molecule has 0 aromatic carbocycles. The Balaban J connectivity index is 1.35. The van der Waals surface area contributed by atoms with Gasteiger partial charge in [-0.1, -0.05) is 6.42 Å².